The summed E-state index contributed by atoms with van der Waals surface area (Å²) in [4.78, 5) is 18.5. The highest BCUT2D eigenvalue weighted by Crippen LogP contribution is 2.23. The fraction of sp³-hybridized carbons (Fsp3) is 0.300. The third kappa shape index (κ3) is 4.53. The molecule has 6 heteroatoms. The molecule has 26 heavy (non-hydrogen) atoms. The molecule has 136 valence electrons. The summed E-state index contributed by atoms with van der Waals surface area (Å²) in [7, 11) is 1.62. The number of hydrogen-bond donors (Lipinski definition) is 2. The molecular weight excluding hydrogens is 328 g/mol. The second kappa shape index (κ2) is 8.38. The van der Waals surface area contributed by atoms with Crippen LogP contribution < -0.4 is 15.8 Å². The largest absolute Gasteiger partial charge is 0.497 e. The monoisotopic (exact) mass is 352 g/mol. The van der Waals surface area contributed by atoms with Crippen LogP contribution in [-0.4, -0.2) is 30.4 Å². The zero-order chi connectivity index (χ0) is 18.4. The van der Waals surface area contributed by atoms with Gasteiger partial charge in [-0.2, -0.15) is 0 Å². The number of anilines is 1. The molecule has 3 rings (SSSR count). The highest BCUT2D eigenvalue weighted by atomic mass is 16.5. The third-order valence-corrected chi connectivity index (χ3v) is 4.37. The number of methoxy groups -OCH3 is 1. The van der Waals surface area contributed by atoms with Crippen molar-refractivity contribution in [1.82, 2.24) is 4.90 Å². The molecule has 0 atom stereocenters. The molecule has 3 N–H and O–H groups in total. The van der Waals surface area contributed by atoms with Gasteiger partial charge in [0.25, 0.3) is 0 Å². The number of guanidine groups is 1. The summed E-state index contributed by atoms with van der Waals surface area (Å²) in [6, 6.07) is 15.7. The maximum atomic E-state index is 12.3. The van der Waals surface area contributed by atoms with E-state index in [0.29, 0.717) is 38.4 Å². The van der Waals surface area contributed by atoms with Crippen molar-refractivity contribution < 1.29 is 9.53 Å². The molecule has 0 radical (unpaired) electrons. The van der Waals surface area contributed by atoms with Gasteiger partial charge in [0, 0.05) is 37.8 Å². The van der Waals surface area contributed by atoms with E-state index in [4.69, 9.17) is 10.5 Å². The number of nitrogens with one attached hydrogen (secondary N) is 1. The van der Waals surface area contributed by atoms with Gasteiger partial charge >= 0.3 is 0 Å². The van der Waals surface area contributed by atoms with Crippen molar-refractivity contribution in [2.45, 2.75) is 25.9 Å². The molecule has 0 fully saturated rings. The Morgan fingerprint density at radius 3 is 2.62 bits per heavy atom. The van der Waals surface area contributed by atoms with Crippen LogP contribution in [-0.2, 0) is 17.9 Å². The summed E-state index contributed by atoms with van der Waals surface area (Å²) < 4.78 is 5.17. The average molecular weight is 352 g/mol. The first kappa shape index (κ1) is 17.8. The standard InChI is InChI=1S/C20H24N4O2/c1-26-18-9-4-8-17(12-18)23-20(21)22-11-5-10-19(25)24-13-15-6-2-3-7-16(15)14-24/h2-4,6-9,12H,5,10-11,13-14H2,1H3,(H3,21,22,23). The van der Waals surface area contributed by atoms with Crippen molar-refractivity contribution in [1.29, 1.82) is 0 Å². The van der Waals surface area contributed by atoms with Gasteiger partial charge < -0.3 is 20.7 Å². The maximum Gasteiger partial charge on any atom is 0.223 e. The summed E-state index contributed by atoms with van der Waals surface area (Å²) in [5.41, 5.74) is 9.20. The summed E-state index contributed by atoms with van der Waals surface area (Å²) in [5.74, 6) is 1.25. The van der Waals surface area contributed by atoms with Gasteiger partial charge in [-0.1, -0.05) is 30.3 Å². The Morgan fingerprint density at radius 1 is 1.19 bits per heavy atom. The smallest absolute Gasteiger partial charge is 0.223 e. The molecule has 1 aliphatic heterocycles. The average Bonchev–Trinajstić information content (AvgIpc) is 3.09. The van der Waals surface area contributed by atoms with Crippen LogP contribution in [0.15, 0.2) is 53.5 Å². The Hall–Kier alpha value is -3.02. The topological polar surface area (TPSA) is 80.0 Å². The zero-order valence-electron chi connectivity index (χ0n) is 14.9. The number of hydrogen-bond acceptors (Lipinski definition) is 3. The maximum absolute atomic E-state index is 12.3. The number of benzene rings is 2. The number of carbonyl (C=O) groups excluding carboxylic acids is 1. The summed E-state index contributed by atoms with van der Waals surface area (Å²) >= 11 is 0. The molecule has 0 aromatic heterocycles. The zero-order valence-corrected chi connectivity index (χ0v) is 14.9. The van der Waals surface area contributed by atoms with Crippen molar-refractivity contribution in [2.24, 2.45) is 10.7 Å². The lowest BCUT2D eigenvalue weighted by molar-refractivity contribution is -0.131. The van der Waals surface area contributed by atoms with E-state index in [-0.39, 0.29) is 5.91 Å². The molecule has 0 aliphatic carbocycles. The number of nitrogens with two attached hydrogens (primary N) is 1. The molecule has 0 unspecified atom stereocenters. The molecule has 0 bridgehead atoms. The Kier molecular flexibility index (Phi) is 5.73. The molecular formula is C20H24N4O2. The van der Waals surface area contributed by atoms with Crippen LogP contribution in [0, 0.1) is 0 Å². The quantitative estimate of drug-likeness (QED) is 0.476. The van der Waals surface area contributed by atoms with E-state index in [1.54, 1.807) is 7.11 Å². The molecule has 6 nitrogen and oxygen atoms in total. The fourth-order valence-electron chi connectivity index (χ4n) is 2.99. The van der Waals surface area contributed by atoms with E-state index in [1.165, 1.54) is 11.1 Å². The minimum Gasteiger partial charge on any atom is -0.497 e. The van der Waals surface area contributed by atoms with Gasteiger partial charge in [0.15, 0.2) is 5.96 Å². The van der Waals surface area contributed by atoms with Crippen LogP contribution in [0.3, 0.4) is 0 Å². The minimum atomic E-state index is 0.163. The van der Waals surface area contributed by atoms with Crippen molar-refractivity contribution >= 4 is 17.6 Å². The van der Waals surface area contributed by atoms with E-state index < -0.39 is 0 Å². The van der Waals surface area contributed by atoms with Crippen molar-refractivity contribution in [2.75, 3.05) is 19.0 Å². The molecule has 2 aromatic carbocycles. The van der Waals surface area contributed by atoms with E-state index in [9.17, 15) is 4.79 Å². The van der Waals surface area contributed by atoms with Crippen LogP contribution in [0.1, 0.15) is 24.0 Å². The van der Waals surface area contributed by atoms with Crippen molar-refractivity contribution in [3.05, 3.63) is 59.7 Å². The van der Waals surface area contributed by atoms with Gasteiger partial charge in [-0.25, -0.2) is 0 Å². The van der Waals surface area contributed by atoms with Gasteiger partial charge in [0.05, 0.1) is 7.11 Å². The first-order valence-corrected chi connectivity index (χ1v) is 8.71. The second-order valence-corrected chi connectivity index (χ2v) is 6.25. The number of ether oxygens (including phenoxy) is 1. The first-order valence-electron chi connectivity index (χ1n) is 8.71. The van der Waals surface area contributed by atoms with Crippen LogP contribution in [0.25, 0.3) is 0 Å². The van der Waals surface area contributed by atoms with E-state index in [1.807, 2.05) is 41.3 Å². The third-order valence-electron chi connectivity index (χ3n) is 4.37. The van der Waals surface area contributed by atoms with Crippen LogP contribution in [0.4, 0.5) is 5.69 Å². The normalized spacial score (nSPS) is 13.4. The summed E-state index contributed by atoms with van der Waals surface area (Å²) in [6.45, 7) is 1.92. The van der Waals surface area contributed by atoms with Gasteiger partial charge in [-0.05, 0) is 29.7 Å². The molecule has 1 heterocycles. The molecule has 1 aliphatic rings. The number of nitrogens with zero attached hydrogens (tertiary/aromatic N) is 2. The first-order chi connectivity index (χ1) is 12.7. The Bertz CT molecular complexity index is 779. The number of carbonyl (C=O) groups is 1. The lowest BCUT2D eigenvalue weighted by atomic mass is 10.1. The lowest BCUT2D eigenvalue weighted by Crippen LogP contribution is -2.25. The van der Waals surface area contributed by atoms with Crippen LogP contribution >= 0.6 is 0 Å². The molecule has 0 saturated heterocycles. The van der Waals surface area contributed by atoms with Gasteiger partial charge in [0.1, 0.15) is 5.75 Å². The van der Waals surface area contributed by atoms with E-state index in [2.05, 4.69) is 22.4 Å². The number of aliphatic imine (C=N–C) groups is 1. The van der Waals surface area contributed by atoms with Gasteiger partial charge in [-0.3, -0.25) is 9.79 Å². The summed E-state index contributed by atoms with van der Waals surface area (Å²) in [5, 5.41) is 3.02. The van der Waals surface area contributed by atoms with E-state index in [0.717, 1.165) is 11.4 Å². The fourth-order valence-corrected chi connectivity index (χ4v) is 2.99. The lowest BCUT2D eigenvalue weighted by Gasteiger charge is -2.15. The Balaban J connectivity index is 1.42. The van der Waals surface area contributed by atoms with Crippen molar-refractivity contribution in [3.8, 4) is 5.75 Å². The Morgan fingerprint density at radius 2 is 1.92 bits per heavy atom. The number of fused-ring (bicyclic) bond motifs is 1. The van der Waals surface area contributed by atoms with E-state index >= 15 is 0 Å². The van der Waals surface area contributed by atoms with Crippen molar-refractivity contribution in [3.63, 3.8) is 0 Å². The molecule has 1 amide bonds. The SMILES string of the molecule is COc1cccc(NC(N)=NCCCC(=O)N2Cc3ccccc3C2)c1. The Labute approximate surface area is 153 Å². The van der Waals surface area contributed by atoms with Gasteiger partial charge in [-0.15, -0.1) is 0 Å². The highest BCUT2D eigenvalue weighted by molar-refractivity contribution is 5.92. The minimum absolute atomic E-state index is 0.163. The second-order valence-electron chi connectivity index (χ2n) is 6.25. The van der Waals surface area contributed by atoms with Crippen LogP contribution in [0.2, 0.25) is 0 Å². The van der Waals surface area contributed by atoms with Gasteiger partial charge in [0.2, 0.25) is 5.91 Å². The molecule has 0 saturated carbocycles. The number of rotatable bonds is 6. The predicted octanol–water partition coefficient (Wildman–Crippen LogP) is 2.74. The predicted molar refractivity (Wildman–Crippen MR) is 103 cm³/mol. The van der Waals surface area contributed by atoms with Crippen LogP contribution in [0.5, 0.6) is 5.75 Å². The molecule has 2 aromatic rings. The summed E-state index contributed by atoms with van der Waals surface area (Å²) in [6.07, 6.45) is 1.15. The highest BCUT2D eigenvalue weighted by Gasteiger charge is 2.22. The molecule has 0 spiro atoms. The number of amides is 1.